The average molecular weight is 480 g/mol. The molecule has 0 radical (unpaired) electrons. The van der Waals surface area contributed by atoms with Gasteiger partial charge in [-0.25, -0.2) is 13.8 Å². The first-order valence-corrected chi connectivity index (χ1v) is 10.9. The third-order valence-electron chi connectivity index (χ3n) is 6.20. The summed E-state index contributed by atoms with van der Waals surface area (Å²) < 4.78 is 74.5. The first-order valence-electron chi connectivity index (χ1n) is 10.6. The minimum absolute atomic E-state index is 0.0704. The number of carbonyl (C=O) groups is 1. The van der Waals surface area contributed by atoms with Gasteiger partial charge >= 0.3 is 6.18 Å². The van der Waals surface area contributed by atoms with Gasteiger partial charge in [-0.2, -0.15) is 13.2 Å². The smallest absolute Gasteiger partial charge is 0.381 e. The van der Waals surface area contributed by atoms with E-state index < -0.39 is 23.7 Å². The van der Waals surface area contributed by atoms with Crippen LogP contribution < -0.4 is 5.32 Å². The zero-order valence-corrected chi connectivity index (χ0v) is 17.9. The van der Waals surface area contributed by atoms with E-state index in [0.717, 1.165) is 6.42 Å². The number of hydrogen-bond acceptors (Lipinski definition) is 3. The molecule has 5 nitrogen and oxygen atoms in total. The molecular weight excluding hydrogens is 457 g/mol. The molecule has 3 heterocycles. The van der Waals surface area contributed by atoms with Gasteiger partial charge in [0, 0.05) is 37.5 Å². The number of ether oxygens (including phenoxy) is 1. The summed E-state index contributed by atoms with van der Waals surface area (Å²) in [6.07, 6.45) is -4.43. The summed E-state index contributed by atoms with van der Waals surface area (Å²) in [7, 11) is 0. The van der Waals surface area contributed by atoms with Crippen molar-refractivity contribution < 1.29 is 31.5 Å². The fourth-order valence-electron chi connectivity index (χ4n) is 4.39. The predicted molar refractivity (Wildman–Crippen MR) is 107 cm³/mol. The van der Waals surface area contributed by atoms with Crippen molar-refractivity contribution >= 4 is 23.2 Å². The van der Waals surface area contributed by atoms with E-state index in [4.69, 9.17) is 16.3 Å². The Kier molecular flexibility index (Phi) is 6.37. The van der Waals surface area contributed by atoms with E-state index in [2.05, 4.69) is 10.3 Å². The van der Waals surface area contributed by atoms with Crippen LogP contribution in [-0.4, -0.2) is 41.0 Å². The molecule has 11 heteroatoms. The van der Waals surface area contributed by atoms with Gasteiger partial charge in [0.05, 0.1) is 12.3 Å². The zero-order chi connectivity index (χ0) is 23.1. The van der Waals surface area contributed by atoms with Crippen LogP contribution in [0.15, 0.2) is 12.1 Å². The van der Waals surface area contributed by atoms with Gasteiger partial charge in [0.25, 0.3) is 5.91 Å². The highest BCUT2D eigenvalue weighted by Gasteiger charge is 2.40. The first-order chi connectivity index (χ1) is 15.0. The Balaban J connectivity index is 1.61. The number of alkyl halides is 5. The van der Waals surface area contributed by atoms with Crippen LogP contribution in [0.4, 0.5) is 22.0 Å². The minimum Gasteiger partial charge on any atom is -0.381 e. The third-order valence-corrected chi connectivity index (χ3v) is 6.47. The molecule has 2 aromatic rings. The number of hydrogen-bond donors (Lipinski definition) is 1. The number of rotatable bonds is 5. The molecule has 1 aliphatic heterocycles. The standard InChI is InChI=1S/C21H23ClF5N3O2/c22-16-8-14(19(31)28-10-13-3-6-32-11-13)9-17-29-18(21(25,26)27)15(30(16)17)7-12-1-4-20(23,24)5-2-12/h8-9,12-13H,1-7,10-11H2,(H,28,31). The molecule has 0 bridgehead atoms. The second-order valence-electron chi connectivity index (χ2n) is 8.61. The van der Waals surface area contributed by atoms with Crippen LogP contribution in [0, 0.1) is 11.8 Å². The number of pyridine rings is 1. The van der Waals surface area contributed by atoms with Gasteiger partial charge in [-0.15, -0.1) is 0 Å². The summed E-state index contributed by atoms with van der Waals surface area (Å²) in [5.41, 5.74) is -1.26. The van der Waals surface area contributed by atoms with E-state index in [9.17, 15) is 26.7 Å². The van der Waals surface area contributed by atoms with Gasteiger partial charge < -0.3 is 10.1 Å². The molecule has 1 aliphatic carbocycles. The van der Waals surface area contributed by atoms with Crippen molar-refractivity contribution in [3.63, 3.8) is 0 Å². The number of imidazole rings is 1. The van der Waals surface area contributed by atoms with E-state index in [1.165, 1.54) is 16.5 Å². The van der Waals surface area contributed by atoms with Crippen LogP contribution in [0.2, 0.25) is 5.15 Å². The lowest BCUT2D eigenvalue weighted by atomic mass is 9.83. The van der Waals surface area contributed by atoms with Crippen molar-refractivity contribution in [2.24, 2.45) is 11.8 Å². The van der Waals surface area contributed by atoms with E-state index >= 15 is 0 Å². The monoisotopic (exact) mass is 479 g/mol. The van der Waals surface area contributed by atoms with Crippen LogP contribution >= 0.6 is 11.6 Å². The lowest BCUT2D eigenvalue weighted by Crippen LogP contribution is -2.29. The van der Waals surface area contributed by atoms with Crippen molar-refractivity contribution in [3.8, 4) is 0 Å². The molecule has 1 N–H and O–H groups in total. The molecule has 1 amide bonds. The Labute approximate surface area is 186 Å². The van der Waals surface area contributed by atoms with E-state index in [-0.39, 0.29) is 66.0 Å². The highest BCUT2D eigenvalue weighted by molar-refractivity contribution is 6.30. The lowest BCUT2D eigenvalue weighted by molar-refractivity contribution is -0.141. The number of nitrogens with one attached hydrogen (secondary N) is 1. The molecule has 2 fully saturated rings. The van der Waals surface area contributed by atoms with Crippen LogP contribution in [0.25, 0.3) is 5.65 Å². The molecule has 1 atom stereocenters. The molecule has 2 aliphatic rings. The summed E-state index contributed by atoms with van der Waals surface area (Å²) in [5.74, 6) is -3.37. The molecule has 2 aromatic heterocycles. The molecule has 32 heavy (non-hydrogen) atoms. The zero-order valence-electron chi connectivity index (χ0n) is 17.2. The largest absolute Gasteiger partial charge is 0.435 e. The quantitative estimate of drug-likeness (QED) is 0.477. The number of aromatic nitrogens is 2. The molecule has 1 saturated carbocycles. The average Bonchev–Trinajstić information content (AvgIpc) is 3.35. The fourth-order valence-corrected chi connectivity index (χ4v) is 4.70. The second-order valence-corrected chi connectivity index (χ2v) is 9.00. The normalized spacial score (nSPS) is 21.9. The third kappa shape index (κ3) is 5.01. The van der Waals surface area contributed by atoms with E-state index in [0.29, 0.717) is 19.8 Å². The summed E-state index contributed by atoms with van der Waals surface area (Å²) in [6.45, 7) is 1.57. The molecule has 0 aromatic carbocycles. The van der Waals surface area contributed by atoms with Crippen molar-refractivity contribution in [1.29, 1.82) is 0 Å². The fraction of sp³-hybridized carbons (Fsp3) is 0.619. The van der Waals surface area contributed by atoms with Gasteiger partial charge in [-0.05, 0) is 43.7 Å². The van der Waals surface area contributed by atoms with Crippen LogP contribution in [0.5, 0.6) is 0 Å². The maximum Gasteiger partial charge on any atom is 0.435 e. The Bertz CT molecular complexity index is 991. The van der Waals surface area contributed by atoms with Gasteiger partial charge in [0.15, 0.2) is 5.69 Å². The summed E-state index contributed by atoms with van der Waals surface area (Å²) in [5, 5.41) is 2.66. The van der Waals surface area contributed by atoms with Gasteiger partial charge in [0.2, 0.25) is 5.92 Å². The number of fused-ring (bicyclic) bond motifs is 1. The number of halogens is 6. The number of nitrogens with zero attached hydrogens (tertiary/aromatic N) is 2. The van der Waals surface area contributed by atoms with Crippen molar-refractivity contribution in [2.45, 2.75) is 50.6 Å². The molecule has 1 unspecified atom stereocenters. The van der Waals surface area contributed by atoms with Crippen molar-refractivity contribution in [3.05, 3.63) is 34.2 Å². The highest BCUT2D eigenvalue weighted by atomic mass is 35.5. The van der Waals surface area contributed by atoms with Crippen LogP contribution in [0.3, 0.4) is 0 Å². The topological polar surface area (TPSA) is 55.6 Å². The molecular formula is C21H23ClF5N3O2. The second kappa shape index (κ2) is 8.78. The van der Waals surface area contributed by atoms with Gasteiger partial charge in [-0.1, -0.05) is 11.6 Å². The maximum absolute atomic E-state index is 13.7. The summed E-state index contributed by atoms with van der Waals surface area (Å²) >= 11 is 6.30. The SMILES string of the molecule is O=C(NCC1CCOC1)c1cc(Cl)n2c(CC3CCC(F)(F)CC3)c(C(F)(F)F)nc2c1. The van der Waals surface area contributed by atoms with E-state index in [1.54, 1.807) is 0 Å². The van der Waals surface area contributed by atoms with Gasteiger partial charge in [0.1, 0.15) is 10.8 Å². The Morgan fingerprint density at radius 3 is 2.56 bits per heavy atom. The number of carbonyl (C=O) groups excluding carboxylic acids is 1. The molecule has 0 spiro atoms. The van der Waals surface area contributed by atoms with Gasteiger partial charge in [-0.3, -0.25) is 9.20 Å². The van der Waals surface area contributed by atoms with Crippen molar-refractivity contribution in [1.82, 2.24) is 14.7 Å². The lowest BCUT2D eigenvalue weighted by Gasteiger charge is -2.28. The first kappa shape index (κ1) is 23.2. The highest BCUT2D eigenvalue weighted by Crippen LogP contribution is 2.40. The maximum atomic E-state index is 13.7. The number of amides is 1. The minimum atomic E-state index is -4.74. The molecule has 176 valence electrons. The Morgan fingerprint density at radius 2 is 1.94 bits per heavy atom. The van der Waals surface area contributed by atoms with E-state index in [1.807, 2.05) is 0 Å². The Hall–Kier alpha value is -1.94. The van der Waals surface area contributed by atoms with Crippen LogP contribution in [-0.2, 0) is 17.3 Å². The van der Waals surface area contributed by atoms with Crippen molar-refractivity contribution in [2.75, 3.05) is 19.8 Å². The predicted octanol–water partition coefficient (Wildman–Crippen LogP) is 5.14. The summed E-state index contributed by atoms with van der Waals surface area (Å²) in [4.78, 5) is 16.2. The molecule has 4 rings (SSSR count). The molecule has 1 saturated heterocycles. The van der Waals surface area contributed by atoms with Crippen LogP contribution in [0.1, 0.15) is 53.8 Å². The Morgan fingerprint density at radius 1 is 1.22 bits per heavy atom. The summed E-state index contributed by atoms with van der Waals surface area (Å²) in [6, 6.07) is 2.56.